The van der Waals surface area contributed by atoms with E-state index in [0.29, 0.717) is 19.4 Å². The van der Waals surface area contributed by atoms with Crippen molar-refractivity contribution in [3.05, 3.63) is 58.4 Å². The van der Waals surface area contributed by atoms with Crippen LogP contribution in [0.5, 0.6) is 0 Å². The zero-order chi connectivity index (χ0) is 17.5. The molecule has 24 heavy (non-hydrogen) atoms. The Morgan fingerprint density at radius 2 is 2.00 bits per heavy atom. The molecule has 3 rings (SSSR count). The molecule has 0 atom stereocenters. The third kappa shape index (κ3) is 3.03. The third-order valence-electron chi connectivity index (χ3n) is 3.99. The van der Waals surface area contributed by atoms with Crippen molar-refractivity contribution in [1.29, 1.82) is 0 Å². The number of hydrogen-bond acceptors (Lipinski definition) is 3. The normalized spacial score (nSPS) is 14.4. The van der Waals surface area contributed by atoms with Crippen LogP contribution in [0.1, 0.15) is 22.3 Å². The number of nitrogens with zero attached hydrogens (tertiary/aromatic N) is 1. The van der Waals surface area contributed by atoms with Crippen LogP contribution in [-0.4, -0.2) is 27.1 Å². The van der Waals surface area contributed by atoms with Crippen molar-refractivity contribution in [3.8, 4) is 0 Å². The first-order valence-electron chi connectivity index (χ1n) is 7.38. The van der Waals surface area contributed by atoms with Crippen molar-refractivity contribution in [2.24, 2.45) is 0 Å². The summed E-state index contributed by atoms with van der Waals surface area (Å²) in [6.07, 6.45) is 2.44. The minimum Gasteiger partial charge on any atom is -0.305 e. The standard InChI is InChI=1S/C17H15ClFNO3S/c1-24(22,23)15-10-12(7-8-13(15)18)17(21)20-9-3-5-11-4-2-6-14(19)16(11)20/h2,4,6-8,10H,3,5,9H2,1H3. The van der Waals surface area contributed by atoms with E-state index >= 15 is 0 Å². The van der Waals surface area contributed by atoms with Gasteiger partial charge in [-0.25, -0.2) is 12.8 Å². The molecule has 2 aromatic rings. The van der Waals surface area contributed by atoms with Gasteiger partial charge >= 0.3 is 0 Å². The lowest BCUT2D eigenvalue weighted by Gasteiger charge is -2.30. The quantitative estimate of drug-likeness (QED) is 0.816. The lowest BCUT2D eigenvalue weighted by Crippen LogP contribution is -2.36. The summed E-state index contributed by atoms with van der Waals surface area (Å²) in [5, 5.41) is 0.0549. The molecular weight excluding hydrogens is 353 g/mol. The Hall–Kier alpha value is -1.92. The van der Waals surface area contributed by atoms with Crippen LogP contribution in [0.2, 0.25) is 5.02 Å². The van der Waals surface area contributed by atoms with Crippen molar-refractivity contribution in [2.45, 2.75) is 17.7 Å². The molecule has 126 valence electrons. The number of carbonyl (C=O) groups is 1. The van der Waals surface area contributed by atoms with Crippen LogP contribution in [0.15, 0.2) is 41.3 Å². The second kappa shape index (κ2) is 6.18. The Balaban J connectivity index is 2.06. The number of carbonyl (C=O) groups excluding carboxylic acids is 1. The number of rotatable bonds is 2. The van der Waals surface area contributed by atoms with Gasteiger partial charge in [0.05, 0.1) is 15.6 Å². The lowest BCUT2D eigenvalue weighted by molar-refractivity contribution is 0.0984. The average Bonchev–Trinajstić information content (AvgIpc) is 2.53. The molecule has 1 aliphatic rings. The number of benzene rings is 2. The molecule has 0 aromatic heterocycles. The number of sulfone groups is 1. The number of hydrogen-bond donors (Lipinski definition) is 0. The van der Waals surface area contributed by atoms with Crippen LogP contribution in [0, 0.1) is 5.82 Å². The first-order chi connectivity index (χ1) is 11.3. The highest BCUT2D eigenvalue weighted by Gasteiger charge is 2.27. The predicted octanol–water partition coefficient (Wildman–Crippen LogP) is 3.48. The highest BCUT2D eigenvalue weighted by atomic mass is 35.5. The van der Waals surface area contributed by atoms with Gasteiger partial charge in [0.25, 0.3) is 5.91 Å². The van der Waals surface area contributed by atoms with E-state index in [1.54, 1.807) is 12.1 Å². The van der Waals surface area contributed by atoms with E-state index in [4.69, 9.17) is 11.6 Å². The van der Waals surface area contributed by atoms with E-state index in [1.807, 2.05) is 0 Å². The Morgan fingerprint density at radius 1 is 1.25 bits per heavy atom. The topological polar surface area (TPSA) is 54.5 Å². The van der Waals surface area contributed by atoms with Crippen molar-refractivity contribution in [2.75, 3.05) is 17.7 Å². The minimum atomic E-state index is -3.57. The molecule has 1 amide bonds. The summed E-state index contributed by atoms with van der Waals surface area (Å²) in [6.45, 7) is 0.379. The van der Waals surface area contributed by atoms with Gasteiger partial charge in [0.15, 0.2) is 9.84 Å². The Bertz CT molecular complexity index is 927. The zero-order valence-corrected chi connectivity index (χ0v) is 14.5. The molecule has 0 aliphatic carbocycles. The Kier molecular flexibility index (Phi) is 4.36. The van der Waals surface area contributed by atoms with Gasteiger partial charge in [-0.2, -0.15) is 0 Å². The summed E-state index contributed by atoms with van der Waals surface area (Å²) in [7, 11) is -3.57. The second-order valence-electron chi connectivity index (χ2n) is 5.73. The van der Waals surface area contributed by atoms with Crippen LogP contribution in [0.3, 0.4) is 0 Å². The van der Waals surface area contributed by atoms with Crippen LogP contribution in [0.4, 0.5) is 10.1 Å². The Morgan fingerprint density at radius 3 is 2.71 bits per heavy atom. The maximum absolute atomic E-state index is 14.2. The molecular formula is C17H15ClFNO3S. The number of para-hydroxylation sites is 1. The molecule has 1 heterocycles. The first-order valence-corrected chi connectivity index (χ1v) is 9.65. The van der Waals surface area contributed by atoms with Crippen molar-refractivity contribution in [1.82, 2.24) is 0 Å². The van der Waals surface area contributed by atoms with E-state index in [0.717, 1.165) is 11.8 Å². The molecule has 0 unspecified atom stereocenters. The SMILES string of the molecule is CS(=O)(=O)c1cc(C(=O)N2CCCc3cccc(F)c32)ccc1Cl. The summed E-state index contributed by atoms with van der Waals surface area (Å²) in [6, 6.07) is 8.79. The van der Waals surface area contributed by atoms with Gasteiger partial charge in [-0.05, 0) is 42.7 Å². The number of amides is 1. The fourth-order valence-corrected chi connectivity index (χ4v) is 4.18. The summed E-state index contributed by atoms with van der Waals surface area (Å²) in [4.78, 5) is 14.1. The monoisotopic (exact) mass is 367 g/mol. The Labute approximate surface area is 144 Å². The molecule has 0 bridgehead atoms. The van der Waals surface area contributed by atoms with Crippen LogP contribution < -0.4 is 4.90 Å². The number of halogens is 2. The molecule has 1 aliphatic heterocycles. The molecule has 2 aromatic carbocycles. The second-order valence-corrected chi connectivity index (χ2v) is 8.12. The molecule has 0 saturated heterocycles. The van der Waals surface area contributed by atoms with E-state index in [1.165, 1.54) is 29.2 Å². The molecule has 7 heteroatoms. The van der Waals surface area contributed by atoms with Gasteiger partial charge in [0.1, 0.15) is 5.82 Å². The fraction of sp³-hybridized carbons (Fsp3) is 0.235. The number of anilines is 1. The summed E-state index contributed by atoms with van der Waals surface area (Å²) in [5.41, 5.74) is 1.20. The van der Waals surface area contributed by atoms with Crippen molar-refractivity contribution in [3.63, 3.8) is 0 Å². The number of aryl methyl sites for hydroxylation is 1. The average molecular weight is 368 g/mol. The molecule has 0 fully saturated rings. The largest absolute Gasteiger partial charge is 0.305 e. The predicted molar refractivity (Wildman–Crippen MR) is 91.0 cm³/mol. The molecule has 0 saturated carbocycles. The van der Waals surface area contributed by atoms with E-state index in [2.05, 4.69) is 0 Å². The van der Waals surface area contributed by atoms with Gasteiger partial charge in [0.2, 0.25) is 0 Å². The maximum atomic E-state index is 14.2. The molecule has 0 radical (unpaired) electrons. The van der Waals surface area contributed by atoms with Gasteiger partial charge in [-0.1, -0.05) is 23.7 Å². The van der Waals surface area contributed by atoms with Gasteiger partial charge in [0, 0.05) is 18.4 Å². The van der Waals surface area contributed by atoms with Crippen LogP contribution in [-0.2, 0) is 16.3 Å². The van der Waals surface area contributed by atoms with Crippen LogP contribution in [0.25, 0.3) is 0 Å². The van der Waals surface area contributed by atoms with E-state index in [9.17, 15) is 17.6 Å². The smallest absolute Gasteiger partial charge is 0.258 e. The fourth-order valence-electron chi connectivity index (χ4n) is 2.88. The molecule has 4 nitrogen and oxygen atoms in total. The van der Waals surface area contributed by atoms with Crippen molar-refractivity contribution >= 4 is 33.0 Å². The lowest BCUT2D eigenvalue weighted by atomic mass is 10.0. The van der Waals surface area contributed by atoms with Crippen molar-refractivity contribution < 1.29 is 17.6 Å². The summed E-state index contributed by atoms with van der Waals surface area (Å²) in [5.74, 6) is -0.902. The highest BCUT2D eigenvalue weighted by Crippen LogP contribution is 2.32. The minimum absolute atomic E-state index is 0.0549. The van der Waals surface area contributed by atoms with Gasteiger partial charge < -0.3 is 4.90 Å². The summed E-state index contributed by atoms with van der Waals surface area (Å²) >= 11 is 5.91. The zero-order valence-electron chi connectivity index (χ0n) is 12.9. The van der Waals surface area contributed by atoms with Gasteiger partial charge in [-0.15, -0.1) is 0 Å². The van der Waals surface area contributed by atoms with E-state index in [-0.39, 0.29) is 21.2 Å². The number of fused-ring (bicyclic) bond motifs is 1. The highest BCUT2D eigenvalue weighted by molar-refractivity contribution is 7.90. The molecule has 0 spiro atoms. The summed E-state index contributed by atoms with van der Waals surface area (Å²) < 4.78 is 37.8. The first kappa shape index (κ1) is 16.9. The van der Waals surface area contributed by atoms with Gasteiger partial charge in [-0.3, -0.25) is 4.79 Å². The van der Waals surface area contributed by atoms with E-state index < -0.39 is 21.6 Å². The molecule has 0 N–H and O–H groups in total. The third-order valence-corrected chi connectivity index (χ3v) is 5.57. The maximum Gasteiger partial charge on any atom is 0.258 e. The van der Waals surface area contributed by atoms with Crippen LogP contribution >= 0.6 is 11.6 Å².